The largest absolute Gasteiger partial charge is 0.465 e. The molecule has 15 heavy (non-hydrogen) atoms. The number of alkyl halides is 2. The minimum absolute atomic E-state index is 0.173. The van der Waals surface area contributed by atoms with Gasteiger partial charge in [0.2, 0.25) is 0 Å². The molecule has 0 unspecified atom stereocenters. The van der Waals surface area contributed by atoms with Crippen LogP contribution in [0.3, 0.4) is 0 Å². The van der Waals surface area contributed by atoms with E-state index in [1.165, 1.54) is 22.6 Å². The van der Waals surface area contributed by atoms with Gasteiger partial charge in [-0.15, -0.1) is 0 Å². The summed E-state index contributed by atoms with van der Waals surface area (Å²) in [5.74, 6) is -2.31. The van der Waals surface area contributed by atoms with E-state index in [-0.39, 0.29) is 3.70 Å². The topological polar surface area (TPSA) is 39.2 Å². The Labute approximate surface area is 96.8 Å². The van der Waals surface area contributed by atoms with Gasteiger partial charge in [0.05, 0.1) is 12.7 Å². The second-order valence-electron chi connectivity index (χ2n) is 2.48. The molecule has 0 aliphatic heterocycles. The van der Waals surface area contributed by atoms with Crippen LogP contribution in [0.25, 0.3) is 0 Å². The molecule has 1 aromatic rings. The highest BCUT2D eigenvalue weighted by Crippen LogP contribution is 2.27. The zero-order valence-corrected chi connectivity index (χ0v) is 9.59. The number of aromatic nitrogens is 1. The van der Waals surface area contributed by atoms with E-state index in [2.05, 4.69) is 9.72 Å². The Kier molecular flexibility index (Phi) is 3.89. The lowest BCUT2D eigenvalue weighted by molar-refractivity contribution is 0.0593. The molecular weight excluding hydrogens is 326 g/mol. The summed E-state index contributed by atoms with van der Waals surface area (Å²) in [7, 11) is 1.03. The maximum absolute atomic E-state index is 13.4. The molecule has 0 spiro atoms. The Morgan fingerprint density at radius 2 is 2.20 bits per heavy atom. The molecule has 0 aliphatic rings. The van der Waals surface area contributed by atoms with E-state index >= 15 is 0 Å². The number of hydrogen-bond acceptors (Lipinski definition) is 3. The van der Waals surface area contributed by atoms with Gasteiger partial charge in [0, 0.05) is 6.20 Å². The Morgan fingerprint density at radius 3 is 2.67 bits per heavy atom. The second-order valence-corrected chi connectivity index (χ2v) is 3.50. The Balaban J connectivity index is 3.35. The van der Waals surface area contributed by atoms with Crippen molar-refractivity contribution in [2.75, 3.05) is 7.11 Å². The van der Waals surface area contributed by atoms with Crippen molar-refractivity contribution in [3.05, 3.63) is 26.8 Å². The number of methoxy groups -OCH3 is 1. The first-order chi connectivity index (χ1) is 6.99. The summed E-state index contributed by atoms with van der Waals surface area (Å²) >= 11 is 1.47. The predicted molar refractivity (Wildman–Crippen MR) is 53.2 cm³/mol. The summed E-state index contributed by atoms with van der Waals surface area (Å²) in [5, 5.41) is 0. The molecule has 0 saturated heterocycles. The lowest BCUT2D eigenvalue weighted by Gasteiger charge is -2.07. The Hall–Kier alpha value is -0.860. The van der Waals surface area contributed by atoms with E-state index < -0.39 is 29.3 Å². The van der Waals surface area contributed by atoms with E-state index in [1.54, 1.807) is 0 Å². The van der Waals surface area contributed by atoms with Crippen LogP contribution in [0, 0.1) is 9.52 Å². The first kappa shape index (κ1) is 12.2. The van der Waals surface area contributed by atoms with Crippen LogP contribution in [-0.2, 0) is 4.74 Å². The Morgan fingerprint density at radius 1 is 1.60 bits per heavy atom. The fourth-order valence-electron chi connectivity index (χ4n) is 0.921. The lowest BCUT2D eigenvalue weighted by atomic mass is 10.2. The fraction of sp³-hybridized carbons (Fsp3) is 0.250. The highest BCUT2D eigenvalue weighted by molar-refractivity contribution is 14.1. The summed E-state index contributed by atoms with van der Waals surface area (Å²) in [5.41, 5.74) is -1.47. The van der Waals surface area contributed by atoms with Gasteiger partial charge in [0.25, 0.3) is 6.43 Å². The van der Waals surface area contributed by atoms with Crippen molar-refractivity contribution >= 4 is 28.6 Å². The highest BCUT2D eigenvalue weighted by Gasteiger charge is 2.24. The summed E-state index contributed by atoms with van der Waals surface area (Å²) in [6, 6.07) is 0. The van der Waals surface area contributed by atoms with Gasteiger partial charge < -0.3 is 4.74 Å². The van der Waals surface area contributed by atoms with E-state index in [0.29, 0.717) is 0 Å². The van der Waals surface area contributed by atoms with E-state index in [1.807, 2.05) is 0 Å². The van der Waals surface area contributed by atoms with Crippen molar-refractivity contribution in [3.63, 3.8) is 0 Å². The quantitative estimate of drug-likeness (QED) is 0.475. The van der Waals surface area contributed by atoms with Crippen molar-refractivity contribution in [3.8, 4) is 0 Å². The van der Waals surface area contributed by atoms with Crippen LogP contribution in [0.4, 0.5) is 13.2 Å². The second kappa shape index (κ2) is 4.77. The van der Waals surface area contributed by atoms with Gasteiger partial charge in [-0.2, -0.15) is 0 Å². The molecule has 82 valence electrons. The molecule has 7 heteroatoms. The predicted octanol–water partition coefficient (Wildman–Crippen LogP) is 2.55. The van der Waals surface area contributed by atoms with Gasteiger partial charge in [-0.25, -0.2) is 22.9 Å². The molecular formula is C8H5F3INO2. The average Bonchev–Trinajstić information content (AvgIpc) is 2.16. The minimum Gasteiger partial charge on any atom is -0.465 e. The summed E-state index contributed by atoms with van der Waals surface area (Å²) < 4.78 is 42.2. The zero-order chi connectivity index (χ0) is 11.6. The van der Waals surface area contributed by atoms with Crippen molar-refractivity contribution in [2.24, 2.45) is 0 Å². The molecule has 0 saturated carbocycles. The Bertz CT molecular complexity index is 398. The standard InChI is InChI=1S/C8H5F3INO2/c1-15-8(14)3-2-13-7(12)4(5(3)9)6(10)11/h2,6H,1H3. The number of pyridine rings is 1. The molecule has 0 aromatic carbocycles. The van der Waals surface area contributed by atoms with Crippen LogP contribution in [0.2, 0.25) is 0 Å². The monoisotopic (exact) mass is 331 g/mol. The van der Waals surface area contributed by atoms with Gasteiger partial charge in [0.1, 0.15) is 9.26 Å². The number of nitrogens with zero attached hydrogens (tertiary/aromatic N) is 1. The molecule has 0 amide bonds. The lowest BCUT2D eigenvalue weighted by Crippen LogP contribution is -2.10. The molecule has 1 rings (SSSR count). The maximum Gasteiger partial charge on any atom is 0.342 e. The zero-order valence-electron chi connectivity index (χ0n) is 7.43. The third-order valence-corrected chi connectivity index (χ3v) is 2.49. The summed E-state index contributed by atoms with van der Waals surface area (Å²) in [6.45, 7) is 0. The molecule has 0 fully saturated rings. The number of halogens is 4. The van der Waals surface area contributed by atoms with Crippen molar-refractivity contribution in [2.45, 2.75) is 6.43 Å². The van der Waals surface area contributed by atoms with Gasteiger partial charge >= 0.3 is 5.97 Å². The molecule has 0 atom stereocenters. The highest BCUT2D eigenvalue weighted by atomic mass is 127. The molecule has 0 radical (unpaired) electrons. The van der Waals surface area contributed by atoms with Crippen molar-refractivity contribution in [1.29, 1.82) is 0 Å². The van der Waals surface area contributed by atoms with Crippen molar-refractivity contribution in [1.82, 2.24) is 4.98 Å². The fourth-order valence-corrected chi connectivity index (χ4v) is 1.53. The van der Waals surface area contributed by atoms with Crippen LogP contribution >= 0.6 is 22.6 Å². The maximum atomic E-state index is 13.4. The molecule has 0 bridgehead atoms. The molecule has 0 N–H and O–H groups in total. The summed E-state index contributed by atoms with van der Waals surface area (Å²) in [4.78, 5) is 14.5. The van der Waals surface area contributed by atoms with Gasteiger partial charge in [-0.05, 0) is 22.6 Å². The number of carbonyl (C=O) groups excluding carboxylic acids is 1. The first-order valence-corrected chi connectivity index (χ1v) is 4.77. The minimum atomic E-state index is -3.02. The normalized spacial score (nSPS) is 10.5. The van der Waals surface area contributed by atoms with Crippen LogP contribution in [0.1, 0.15) is 22.3 Å². The van der Waals surface area contributed by atoms with Crippen LogP contribution in [0.5, 0.6) is 0 Å². The van der Waals surface area contributed by atoms with Crippen LogP contribution < -0.4 is 0 Å². The third kappa shape index (κ3) is 2.39. The number of hydrogen-bond donors (Lipinski definition) is 0. The van der Waals surface area contributed by atoms with Gasteiger partial charge in [-0.3, -0.25) is 0 Å². The van der Waals surface area contributed by atoms with Crippen LogP contribution in [0.15, 0.2) is 6.20 Å². The number of carbonyl (C=O) groups is 1. The van der Waals surface area contributed by atoms with E-state index in [9.17, 15) is 18.0 Å². The number of ether oxygens (including phenoxy) is 1. The smallest absolute Gasteiger partial charge is 0.342 e. The third-order valence-electron chi connectivity index (χ3n) is 1.63. The van der Waals surface area contributed by atoms with Gasteiger partial charge in [0.15, 0.2) is 5.82 Å². The molecule has 1 aromatic heterocycles. The SMILES string of the molecule is COC(=O)c1cnc(I)c(C(F)F)c1F. The summed E-state index contributed by atoms with van der Waals surface area (Å²) in [6.07, 6.45) is -2.15. The van der Waals surface area contributed by atoms with Gasteiger partial charge in [-0.1, -0.05) is 0 Å². The van der Waals surface area contributed by atoms with Crippen molar-refractivity contribution < 1.29 is 22.7 Å². The molecule has 0 aliphatic carbocycles. The molecule has 3 nitrogen and oxygen atoms in total. The molecule has 1 heterocycles. The average molecular weight is 331 g/mol. The first-order valence-electron chi connectivity index (χ1n) is 3.69. The number of esters is 1. The van der Waals surface area contributed by atoms with E-state index in [4.69, 9.17) is 0 Å². The number of rotatable bonds is 2. The van der Waals surface area contributed by atoms with Crippen LogP contribution in [-0.4, -0.2) is 18.1 Å². The van der Waals surface area contributed by atoms with E-state index in [0.717, 1.165) is 13.3 Å².